The molecule has 1 N–H and O–H groups in total. The number of nitrogens with one attached hydrogen (secondary N) is 1. The minimum atomic E-state index is -0.498. The van der Waals surface area contributed by atoms with Gasteiger partial charge >= 0.3 is 0 Å². The Morgan fingerprint density at radius 2 is 2.24 bits per heavy atom. The summed E-state index contributed by atoms with van der Waals surface area (Å²) in [5.74, 6) is -0.256. The quantitative estimate of drug-likeness (QED) is 0.655. The number of hydrogen-bond acceptors (Lipinski definition) is 6. The number of carbonyl (C=O) groups is 1. The van der Waals surface area contributed by atoms with Gasteiger partial charge in [-0.2, -0.15) is 5.10 Å². The third-order valence-corrected chi connectivity index (χ3v) is 4.52. The highest BCUT2D eigenvalue weighted by Gasteiger charge is 2.29. The van der Waals surface area contributed by atoms with Crippen LogP contribution in [0.5, 0.6) is 0 Å². The monoisotopic (exact) mass is 344 g/mol. The molecule has 1 aliphatic rings. The van der Waals surface area contributed by atoms with E-state index in [0.29, 0.717) is 6.54 Å². The molecule has 1 aromatic heterocycles. The summed E-state index contributed by atoms with van der Waals surface area (Å²) in [6.07, 6.45) is 5.13. The molecule has 0 saturated carbocycles. The first-order valence-corrected chi connectivity index (χ1v) is 8.18. The van der Waals surface area contributed by atoms with Crippen LogP contribution in [0.3, 0.4) is 0 Å². The molecule has 25 heavy (non-hydrogen) atoms. The van der Waals surface area contributed by atoms with Crippen LogP contribution in [0.4, 0.5) is 11.4 Å². The van der Waals surface area contributed by atoms with Crippen molar-refractivity contribution in [1.29, 1.82) is 0 Å². The maximum absolute atomic E-state index is 12.6. The topological polar surface area (TPSA) is 106 Å². The average molecular weight is 344 g/mol. The molecule has 1 fully saturated rings. The predicted octanol–water partition coefficient (Wildman–Crippen LogP) is 1.85. The molecule has 2 aromatic rings. The number of amides is 1. The number of rotatable bonds is 5. The van der Waals surface area contributed by atoms with Gasteiger partial charge in [0.15, 0.2) is 0 Å². The van der Waals surface area contributed by atoms with Crippen molar-refractivity contribution in [2.24, 2.45) is 0 Å². The zero-order valence-electron chi connectivity index (χ0n) is 13.9. The first-order chi connectivity index (χ1) is 12.1. The molecule has 9 heteroatoms. The van der Waals surface area contributed by atoms with Crippen LogP contribution >= 0.6 is 0 Å². The molecule has 132 valence electrons. The molecule has 0 radical (unpaired) electrons. The lowest BCUT2D eigenvalue weighted by Gasteiger charge is -2.35. The van der Waals surface area contributed by atoms with Crippen molar-refractivity contribution >= 4 is 17.3 Å². The van der Waals surface area contributed by atoms with E-state index in [1.807, 2.05) is 11.6 Å². The Balaban J connectivity index is 1.67. The summed E-state index contributed by atoms with van der Waals surface area (Å²) in [6.45, 7) is 3.30. The first-order valence-electron chi connectivity index (χ1n) is 8.18. The van der Waals surface area contributed by atoms with Gasteiger partial charge < -0.3 is 5.32 Å². The molecule has 1 saturated heterocycles. The molecule has 0 bridgehead atoms. The summed E-state index contributed by atoms with van der Waals surface area (Å²) < 4.78 is 1.82. The summed E-state index contributed by atoms with van der Waals surface area (Å²) in [5, 5.41) is 17.9. The van der Waals surface area contributed by atoms with E-state index in [9.17, 15) is 14.9 Å². The Hall–Kier alpha value is -2.81. The van der Waals surface area contributed by atoms with E-state index in [1.54, 1.807) is 18.5 Å². The van der Waals surface area contributed by atoms with Gasteiger partial charge in [0.1, 0.15) is 18.3 Å². The molecule has 0 aliphatic carbocycles. The van der Waals surface area contributed by atoms with Gasteiger partial charge in [-0.1, -0.05) is 12.1 Å². The highest BCUT2D eigenvalue weighted by molar-refractivity contribution is 5.96. The predicted molar refractivity (Wildman–Crippen MR) is 91.1 cm³/mol. The molecular formula is C16H20N6O3. The lowest BCUT2D eigenvalue weighted by Crippen LogP contribution is -2.47. The van der Waals surface area contributed by atoms with Crippen LogP contribution in [-0.4, -0.2) is 49.6 Å². The lowest BCUT2D eigenvalue weighted by atomic mass is 10.0. The molecule has 1 aromatic carbocycles. The van der Waals surface area contributed by atoms with E-state index in [1.165, 1.54) is 18.5 Å². The second-order valence-electron chi connectivity index (χ2n) is 6.11. The molecular weight excluding hydrogens is 324 g/mol. The Bertz CT molecular complexity index is 748. The number of nitro benzene ring substituents is 1. The fraction of sp³-hybridized carbons (Fsp3) is 0.438. The summed E-state index contributed by atoms with van der Waals surface area (Å²) in [6, 6.07) is 5.93. The van der Waals surface area contributed by atoms with Crippen molar-refractivity contribution < 1.29 is 9.72 Å². The van der Waals surface area contributed by atoms with E-state index >= 15 is 0 Å². The molecule has 2 heterocycles. The van der Waals surface area contributed by atoms with Gasteiger partial charge in [-0.25, -0.2) is 9.67 Å². The number of piperidine rings is 1. The van der Waals surface area contributed by atoms with E-state index in [4.69, 9.17) is 0 Å². The normalized spacial score (nSPS) is 19.3. The van der Waals surface area contributed by atoms with E-state index < -0.39 is 11.0 Å². The number of para-hydroxylation sites is 2. The molecule has 0 spiro atoms. The molecule has 0 unspecified atom stereocenters. The van der Waals surface area contributed by atoms with E-state index in [2.05, 4.69) is 20.3 Å². The zero-order chi connectivity index (χ0) is 17.8. The lowest BCUT2D eigenvalue weighted by molar-refractivity contribution is -0.383. The molecule has 1 aliphatic heterocycles. The number of anilines is 1. The first kappa shape index (κ1) is 17.0. The van der Waals surface area contributed by atoms with Gasteiger partial charge in [-0.15, -0.1) is 0 Å². The molecule has 2 atom stereocenters. The van der Waals surface area contributed by atoms with E-state index in [0.717, 1.165) is 19.4 Å². The van der Waals surface area contributed by atoms with Crippen molar-refractivity contribution in [3.05, 3.63) is 47.0 Å². The third-order valence-electron chi connectivity index (χ3n) is 4.52. The fourth-order valence-corrected chi connectivity index (χ4v) is 3.10. The number of hydrogen-bond donors (Lipinski definition) is 1. The smallest absolute Gasteiger partial charge is 0.292 e. The van der Waals surface area contributed by atoms with Crippen LogP contribution in [0.2, 0.25) is 0 Å². The summed E-state index contributed by atoms with van der Waals surface area (Å²) in [5.41, 5.74) is 0.108. The Morgan fingerprint density at radius 1 is 1.44 bits per heavy atom. The van der Waals surface area contributed by atoms with Crippen molar-refractivity contribution in [2.45, 2.75) is 31.8 Å². The standard InChI is InChI=1S/C16H20N6O3/c1-12(16(23)19-14-6-2-3-7-15(14)22(24)25)20-8-4-5-13(9-20)21-11-17-10-18-21/h2-3,6-7,10-13H,4-5,8-9H2,1H3,(H,19,23)/t12-,13+/m1/s1. The number of nitrogens with zero attached hydrogens (tertiary/aromatic N) is 5. The number of nitro groups is 1. The van der Waals surface area contributed by atoms with Crippen LogP contribution in [0, 0.1) is 10.1 Å². The fourth-order valence-electron chi connectivity index (χ4n) is 3.10. The van der Waals surface area contributed by atoms with Gasteiger partial charge in [0.2, 0.25) is 5.91 Å². The number of carbonyl (C=O) groups excluding carboxylic acids is 1. The summed E-state index contributed by atoms with van der Waals surface area (Å²) in [4.78, 5) is 29.2. The van der Waals surface area contributed by atoms with Crippen LogP contribution in [-0.2, 0) is 4.79 Å². The average Bonchev–Trinajstić information content (AvgIpc) is 3.16. The van der Waals surface area contributed by atoms with Gasteiger partial charge in [0.25, 0.3) is 5.69 Å². The second-order valence-corrected chi connectivity index (χ2v) is 6.11. The maximum atomic E-state index is 12.6. The SMILES string of the molecule is C[C@H](C(=O)Nc1ccccc1[N+](=O)[O-])N1CCC[C@H](n2cncn2)C1. The molecule has 9 nitrogen and oxygen atoms in total. The van der Waals surface area contributed by atoms with Crippen LogP contribution in [0.1, 0.15) is 25.8 Å². The molecule has 1 amide bonds. The maximum Gasteiger partial charge on any atom is 0.292 e. The van der Waals surface area contributed by atoms with Gasteiger partial charge in [0.05, 0.1) is 17.0 Å². The summed E-state index contributed by atoms with van der Waals surface area (Å²) in [7, 11) is 0. The minimum absolute atomic E-state index is 0.109. The third kappa shape index (κ3) is 3.82. The van der Waals surface area contributed by atoms with Crippen molar-refractivity contribution in [2.75, 3.05) is 18.4 Å². The Labute approximate surface area is 144 Å². The van der Waals surface area contributed by atoms with Crippen LogP contribution < -0.4 is 5.32 Å². The number of aromatic nitrogens is 3. The number of benzene rings is 1. The highest BCUT2D eigenvalue weighted by atomic mass is 16.6. The highest BCUT2D eigenvalue weighted by Crippen LogP contribution is 2.25. The minimum Gasteiger partial charge on any atom is -0.319 e. The van der Waals surface area contributed by atoms with Crippen LogP contribution in [0.15, 0.2) is 36.9 Å². The van der Waals surface area contributed by atoms with Gasteiger partial charge in [-0.3, -0.25) is 19.8 Å². The molecule has 3 rings (SSSR count). The number of likely N-dealkylation sites (tertiary alicyclic amines) is 1. The van der Waals surface area contributed by atoms with Gasteiger partial charge in [0, 0.05) is 12.6 Å². The second kappa shape index (κ2) is 7.39. The van der Waals surface area contributed by atoms with Gasteiger partial charge in [-0.05, 0) is 32.4 Å². The summed E-state index contributed by atoms with van der Waals surface area (Å²) >= 11 is 0. The van der Waals surface area contributed by atoms with Crippen molar-refractivity contribution in [3.63, 3.8) is 0 Å². The Kier molecular flexibility index (Phi) is 5.03. The van der Waals surface area contributed by atoms with Crippen molar-refractivity contribution in [1.82, 2.24) is 19.7 Å². The largest absolute Gasteiger partial charge is 0.319 e. The van der Waals surface area contributed by atoms with Crippen molar-refractivity contribution in [3.8, 4) is 0 Å². The van der Waals surface area contributed by atoms with Crippen LogP contribution in [0.25, 0.3) is 0 Å². The zero-order valence-corrected chi connectivity index (χ0v) is 13.9. The Morgan fingerprint density at radius 3 is 2.96 bits per heavy atom. The van der Waals surface area contributed by atoms with E-state index in [-0.39, 0.29) is 23.3 Å².